The minimum atomic E-state index is -0.220. The van der Waals surface area contributed by atoms with Gasteiger partial charge < -0.3 is 19.1 Å². The largest absolute Gasteiger partial charge is 0.374 e. The lowest BCUT2D eigenvalue weighted by molar-refractivity contribution is -0.131. The molecule has 0 spiro atoms. The first kappa shape index (κ1) is 14.8. The molecule has 0 bridgehead atoms. The Kier molecular flexibility index (Phi) is 3.74. The predicted molar refractivity (Wildman–Crippen MR) is 78.5 cm³/mol. The van der Waals surface area contributed by atoms with Crippen LogP contribution in [0.1, 0.15) is 16.8 Å². The van der Waals surface area contributed by atoms with Gasteiger partial charge in [-0.1, -0.05) is 0 Å². The Labute approximate surface area is 128 Å². The number of carbonyl (C=O) groups excluding carboxylic acids is 2. The van der Waals surface area contributed by atoms with Gasteiger partial charge in [0.15, 0.2) is 0 Å². The number of nitrogens with zero attached hydrogens (tertiary/aromatic N) is 3. The fourth-order valence-electron chi connectivity index (χ4n) is 2.98. The molecule has 2 atom stereocenters. The van der Waals surface area contributed by atoms with Crippen molar-refractivity contribution in [2.75, 3.05) is 26.7 Å². The maximum atomic E-state index is 12.5. The first-order valence-electron chi connectivity index (χ1n) is 7.30. The van der Waals surface area contributed by atoms with E-state index in [4.69, 9.17) is 4.74 Å². The zero-order chi connectivity index (χ0) is 15.9. The van der Waals surface area contributed by atoms with Gasteiger partial charge in [-0.2, -0.15) is 0 Å². The van der Waals surface area contributed by atoms with Crippen LogP contribution in [0.5, 0.6) is 0 Å². The molecule has 1 aromatic rings. The summed E-state index contributed by atoms with van der Waals surface area (Å²) in [4.78, 5) is 39.4. The molecule has 0 aromatic carbocycles. The van der Waals surface area contributed by atoms with Gasteiger partial charge in [-0.3, -0.25) is 14.4 Å². The van der Waals surface area contributed by atoms with E-state index in [1.807, 2.05) is 0 Å². The monoisotopic (exact) mass is 305 g/mol. The minimum Gasteiger partial charge on any atom is -0.374 e. The van der Waals surface area contributed by atoms with Crippen LogP contribution in [0.4, 0.5) is 0 Å². The Balaban J connectivity index is 1.79. The van der Waals surface area contributed by atoms with Crippen LogP contribution in [0, 0.1) is 0 Å². The molecular weight excluding hydrogens is 286 g/mol. The summed E-state index contributed by atoms with van der Waals surface area (Å²) in [5.74, 6) is -0.161. The van der Waals surface area contributed by atoms with E-state index >= 15 is 0 Å². The normalized spacial score (nSPS) is 25.1. The standard InChI is InChI=1S/C15H19N3O4/c1-16-5-3-10(7-14(16)20)15(21)18-8-11-12(9-18)22-6-4-13(19)17(11)2/h3,5,7,11-12H,4,6,8-9H2,1-2H3/t11-,12-/m0/s1. The van der Waals surface area contributed by atoms with Crippen molar-refractivity contribution in [2.24, 2.45) is 7.05 Å². The van der Waals surface area contributed by atoms with Crippen LogP contribution in [-0.2, 0) is 16.6 Å². The van der Waals surface area contributed by atoms with Gasteiger partial charge in [0.05, 0.1) is 25.2 Å². The zero-order valence-electron chi connectivity index (χ0n) is 12.7. The second-order valence-electron chi connectivity index (χ2n) is 5.81. The molecule has 7 heteroatoms. The van der Waals surface area contributed by atoms with E-state index in [0.29, 0.717) is 31.7 Å². The molecular formula is C15H19N3O4. The number of aromatic nitrogens is 1. The number of aryl methyl sites for hydroxylation is 1. The first-order valence-corrected chi connectivity index (χ1v) is 7.30. The molecule has 118 valence electrons. The Bertz CT molecular complexity index is 669. The summed E-state index contributed by atoms with van der Waals surface area (Å²) < 4.78 is 7.12. The van der Waals surface area contributed by atoms with Crippen LogP contribution in [0.2, 0.25) is 0 Å². The number of hydrogen-bond donors (Lipinski definition) is 0. The van der Waals surface area contributed by atoms with E-state index < -0.39 is 0 Å². The summed E-state index contributed by atoms with van der Waals surface area (Å²) >= 11 is 0. The van der Waals surface area contributed by atoms with Crippen molar-refractivity contribution in [3.63, 3.8) is 0 Å². The number of amides is 2. The molecule has 0 aliphatic carbocycles. The van der Waals surface area contributed by atoms with Gasteiger partial charge in [0.2, 0.25) is 5.91 Å². The quantitative estimate of drug-likeness (QED) is 0.698. The van der Waals surface area contributed by atoms with Crippen LogP contribution in [0.15, 0.2) is 23.1 Å². The van der Waals surface area contributed by atoms with Crippen molar-refractivity contribution in [1.82, 2.24) is 14.4 Å². The van der Waals surface area contributed by atoms with Crippen molar-refractivity contribution < 1.29 is 14.3 Å². The fraction of sp³-hybridized carbons (Fsp3) is 0.533. The molecule has 2 saturated heterocycles. The molecule has 2 aliphatic heterocycles. The van der Waals surface area contributed by atoms with Gasteiger partial charge in [0.25, 0.3) is 11.5 Å². The van der Waals surface area contributed by atoms with E-state index in [2.05, 4.69) is 0 Å². The molecule has 2 aliphatic rings. The highest BCUT2D eigenvalue weighted by atomic mass is 16.5. The van der Waals surface area contributed by atoms with Crippen molar-refractivity contribution >= 4 is 11.8 Å². The molecule has 0 N–H and O–H groups in total. The molecule has 0 radical (unpaired) electrons. The van der Waals surface area contributed by atoms with E-state index in [1.165, 1.54) is 10.6 Å². The van der Waals surface area contributed by atoms with E-state index in [9.17, 15) is 14.4 Å². The highest BCUT2D eigenvalue weighted by Gasteiger charge is 2.41. The lowest BCUT2D eigenvalue weighted by Crippen LogP contribution is -2.43. The van der Waals surface area contributed by atoms with E-state index in [-0.39, 0.29) is 29.5 Å². The molecule has 3 rings (SSSR count). The first-order chi connectivity index (χ1) is 10.5. The number of ether oxygens (including phenoxy) is 1. The molecule has 0 unspecified atom stereocenters. The topological polar surface area (TPSA) is 71.8 Å². The molecule has 0 saturated carbocycles. The van der Waals surface area contributed by atoms with E-state index in [1.54, 1.807) is 36.2 Å². The van der Waals surface area contributed by atoms with Gasteiger partial charge in [-0.15, -0.1) is 0 Å². The second-order valence-corrected chi connectivity index (χ2v) is 5.81. The van der Waals surface area contributed by atoms with Crippen LogP contribution >= 0.6 is 0 Å². The Hall–Kier alpha value is -2.15. The average Bonchev–Trinajstić information content (AvgIpc) is 2.87. The summed E-state index contributed by atoms with van der Waals surface area (Å²) in [6.45, 7) is 1.26. The van der Waals surface area contributed by atoms with Gasteiger partial charge in [0, 0.05) is 45.0 Å². The van der Waals surface area contributed by atoms with E-state index in [0.717, 1.165) is 0 Å². The number of fused-ring (bicyclic) bond motifs is 1. The molecule has 7 nitrogen and oxygen atoms in total. The highest BCUT2D eigenvalue weighted by molar-refractivity contribution is 5.94. The van der Waals surface area contributed by atoms with Gasteiger partial charge >= 0.3 is 0 Å². The number of likely N-dealkylation sites (N-methyl/N-ethyl adjacent to an activating group) is 1. The maximum absolute atomic E-state index is 12.5. The van der Waals surface area contributed by atoms with Crippen LogP contribution in [0.25, 0.3) is 0 Å². The van der Waals surface area contributed by atoms with Gasteiger partial charge in [-0.05, 0) is 6.07 Å². The van der Waals surface area contributed by atoms with Crippen LogP contribution in [0.3, 0.4) is 0 Å². The summed E-state index contributed by atoms with van der Waals surface area (Å²) in [6.07, 6.45) is 1.80. The Morgan fingerprint density at radius 3 is 2.77 bits per heavy atom. The molecule has 3 heterocycles. The van der Waals surface area contributed by atoms with Crippen LogP contribution < -0.4 is 5.56 Å². The number of pyridine rings is 1. The van der Waals surface area contributed by atoms with Crippen molar-refractivity contribution in [3.05, 3.63) is 34.2 Å². The number of likely N-dealkylation sites (tertiary alicyclic amines) is 1. The lowest BCUT2D eigenvalue weighted by Gasteiger charge is -2.25. The van der Waals surface area contributed by atoms with Crippen molar-refractivity contribution in [3.8, 4) is 0 Å². The highest BCUT2D eigenvalue weighted by Crippen LogP contribution is 2.23. The summed E-state index contributed by atoms with van der Waals surface area (Å²) in [7, 11) is 3.39. The third kappa shape index (κ3) is 2.52. The molecule has 22 heavy (non-hydrogen) atoms. The minimum absolute atomic E-state index is 0.0374. The maximum Gasteiger partial charge on any atom is 0.254 e. The third-order valence-electron chi connectivity index (χ3n) is 4.41. The summed E-state index contributed by atoms with van der Waals surface area (Å²) in [5.41, 5.74) is 0.149. The zero-order valence-corrected chi connectivity index (χ0v) is 12.7. The van der Waals surface area contributed by atoms with Crippen molar-refractivity contribution in [1.29, 1.82) is 0 Å². The SMILES string of the molecule is CN1C(=O)CCO[C@H]2CN(C(=O)c3ccn(C)c(=O)c3)C[C@@H]21. The van der Waals surface area contributed by atoms with Crippen LogP contribution in [-0.4, -0.2) is 65.1 Å². The Morgan fingerprint density at radius 1 is 1.27 bits per heavy atom. The molecule has 2 fully saturated rings. The summed E-state index contributed by atoms with van der Waals surface area (Å²) in [6, 6.07) is 2.85. The number of carbonyl (C=O) groups is 2. The van der Waals surface area contributed by atoms with Gasteiger partial charge in [0.1, 0.15) is 0 Å². The molecule has 2 amide bonds. The number of rotatable bonds is 1. The average molecular weight is 305 g/mol. The smallest absolute Gasteiger partial charge is 0.254 e. The predicted octanol–water partition coefficient (Wildman–Crippen LogP) is -0.543. The molecule has 1 aromatic heterocycles. The van der Waals surface area contributed by atoms with Gasteiger partial charge in [-0.25, -0.2) is 0 Å². The number of hydrogen-bond acceptors (Lipinski definition) is 4. The second kappa shape index (κ2) is 5.57. The lowest BCUT2D eigenvalue weighted by atomic mass is 10.2. The summed E-state index contributed by atoms with van der Waals surface area (Å²) in [5, 5.41) is 0. The fourth-order valence-corrected chi connectivity index (χ4v) is 2.98. The van der Waals surface area contributed by atoms with Crippen molar-refractivity contribution in [2.45, 2.75) is 18.6 Å². The Morgan fingerprint density at radius 2 is 2.05 bits per heavy atom. The third-order valence-corrected chi connectivity index (χ3v) is 4.41.